The van der Waals surface area contributed by atoms with Gasteiger partial charge in [0, 0.05) is 18.2 Å². The summed E-state index contributed by atoms with van der Waals surface area (Å²) in [5.41, 5.74) is 3.43. The van der Waals surface area contributed by atoms with Gasteiger partial charge in [-0.15, -0.1) is 11.3 Å². The van der Waals surface area contributed by atoms with E-state index >= 15 is 0 Å². The van der Waals surface area contributed by atoms with Crippen molar-refractivity contribution in [2.45, 2.75) is 32.4 Å². The molecule has 0 spiro atoms. The predicted molar refractivity (Wildman–Crippen MR) is 85.5 cm³/mol. The highest BCUT2D eigenvalue weighted by molar-refractivity contribution is 7.13. The molecule has 1 N–H and O–H groups in total. The Hall–Kier alpha value is -1.92. The maximum absolute atomic E-state index is 5.25. The van der Waals surface area contributed by atoms with Crippen LogP contribution in [0.2, 0.25) is 0 Å². The van der Waals surface area contributed by atoms with Crippen LogP contribution in [-0.2, 0) is 6.54 Å². The summed E-state index contributed by atoms with van der Waals surface area (Å²) in [6.07, 6.45) is 4.28. The first-order valence-electron chi connectivity index (χ1n) is 7.54. The maximum atomic E-state index is 5.25. The van der Waals surface area contributed by atoms with E-state index in [1.54, 1.807) is 11.3 Å². The van der Waals surface area contributed by atoms with Gasteiger partial charge < -0.3 is 4.52 Å². The van der Waals surface area contributed by atoms with Crippen LogP contribution in [0.4, 0.5) is 0 Å². The molecule has 1 aliphatic heterocycles. The third kappa shape index (κ3) is 2.48. The number of thiophene rings is 1. The summed E-state index contributed by atoms with van der Waals surface area (Å²) < 4.78 is 5.25. The van der Waals surface area contributed by atoms with E-state index in [0.717, 1.165) is 36.7 Å². The number of nitrogens with one attached hydrogen (secondary N) is 1. The lowest BCUT2D eigenvalue weighted by Gasteiger charge is -2.22. The van der Waals surface area contributed by atoms with Gasteiger partial charge in [0.25, 0.3) is 0 Å². The van der Waals surface area contributed by atoms with Crippen molar-refractivity contribution in [2.75, 3.05) is 6.54 Å². The molecule has 4 heterocycles. The van der Waals surface area contributed by atoms with Crippen LogP contribution in [0.5, 0.6) is 0 Å². The minimum atomic E-state index is 0.350. The van der Waals surface area contributed by atoms with E-state index in [4.69, 9.17) is 4.52 Å². The van der Waals surface area contributed by atoms with Crippen LogP contribution in [0.25, 0.3) is 10.6 Å². The van der Waals surface area contributed by atoms with Crippen LogP contribution in [0.15, 0.2) is 34.3 Å². The SMILES string of the molecule is Cc1cc([C@@H]2CCCN2Cc2cn[nH]c2-c2cccs2)no1. The van der Waals surface area contributed by atoms with E-state index in [9.17, 15) is 0 Å². The van der Waals surface area contributed by atoms with E-state index in [1.807, 2.05) is 13.1 Å². The Balaban J connectivity index is 1.57. The first kappa shape index (κ1) is 13.7. The second kappa shape index (κ2) is 5.70. The number of rotatable bonds is 4. The van der Waals surface area contributed by atoms with Crippen molar-refractivity contribution >= 4 is 11.3 Å². The third-order valence-electron chi connectivity index (χ3n) is 4.21. The number of aromatic amines is 1. The van der Waals surface area contributed by atoms with Crippen LogP contribution < -0.4 is 0 Å². The highest BCUT2D eigenvalue weighted by Gasteiger charge is 2.29. The van der Waals surface area contributed by atoms with Crippen molar-refractivity contribution in [3.63, 3.8) is 0 Å². The molecule has 6 heteroatoms. The Morgan fingerprint density at radius 1 is 1.50 bits per heavy atom. The van der Waals surface area contributed by atoms with Crippen LogP contribution in [0, 0.1) is 6.92 Å². The molecule has 0 radical (unpaired) electrons. The Bertz CT molecular complexity index is 746. The van der Waals surface area contributed by atoms with Crippen LogP contribution in [0.3, 0.4) is 0 Å². The van der Waals surface area contributed by atoms with Crippen molar-refractivity contribution in [3.8, 4) is 10.6 Å². The normalized spacial score (nSPS) is 19.0. The Labute approximate surface area is 132 Å². The van der Waals surface area contributed by atoms with Gasteiger partial charge >= 0.3 is 0 Å². The second-order valence-electron chi connectivity index (χ2n) is 5.74. The molecule has 0 aromatic carbocycles. The van der Waals surface area contributed by atoms with Gasteiger partial charge in [-0.3, -0.25) is 10.00 Å². The van der Waals surface area contributed by atoms with E-state index < -0.39 is 0 Å². The summed E-state index contributed by atoms with van der Waals surface area (Å²) in [7, 11) is 0. The quantitative estimate of drug-likeness (QED) is 0.796. The molecule has 0 bridgehead atoms. The zero-order chi connectivity index (χ0) is 14.9. The van der Waals surface area contributed by atoms with E-state index in [2.05, 4.69) is 43.8 Å². The molecule has 0 amide bonds. The summed E-state index contributed by atoms with van der Waals surface area (Å²) in [5, 5.41) is 13.7. The van der Waals surface area contributed by atoms with Gasteiger partial charge in [-0.2, -0.15) is 5.10 Å². The number of hydrogen-bond donors (Lipinski definition) is 1. The predicted octanol–water partition coefficient (Wildman–Crippen LogP) is 3.77. The second-order valence-corrected chi connectivity index (χ2v) is 6.69. The molecule has 114 valence electrons. The van der Waals surface area contributed by atoms with E-state index in [1.165, 1.54) is 16.9 Å². The average Bonchev–Trinajstić information content (AvgIpc) is 3.25. The Morgan fingerprint density at radius 2 is 2.45 bits per heavy atom. The highest BCUT2D eigenvalue weighted by Crippen LogP contribution is 2.34. The largest absolute Gasteiger partial charge is 0.361 e. The number of hydrogen-bond acceptors (Lipinski definition) is 5. The van der Waals surface area contributed by atoms with Crippen LogP contribution >= 0.6 is 11.3 Å². The van der Waals surface area contributed by atoms with Gasteiger partial charge in [-0.1, -0.05) is 11.2 Å². The molecule has 4 rings (SSSR count). The van der Waals surface area contributed by atoms with Crippen molar-refractivity contribution in [3.05, 3.63) is 46.8 Å². The van der Waals surface area contributed by atoms with Gasteiger partial charge in [-0.25, -0.2) is 0 Å². The molecule has 1 fully saturated rings. The minimum Gasteiger partial charge on any atom is -0.361 e. The van der Waals surface area contributed by atoms with Crippen molar-refractivity contribution in [1.82, 2.24) is 20.3 Å². The average molecular weight is 314 g/mol. The molecule has 1 atom stereocenters. The summed E-state index contributed by atoms with van der Waals surface area (Å²) in [4.78, 5) is 3.71. The molecule has 0 aliphatic carbocycles. The van der Waals surface area contributed by atoms with Crippen LogP contribution in [0.1, 0.15) is 35.9 Å². The van der Waals surface area contributed by atoms with E-state index in [0.29, 0.717) is 6.04 Å². The van der Waals surface area contributed by atoms with Crippen molar-refractivity contribution < 1.29 is 4.52 Å². The van der Waals surface area contributed by atoms with Crippen LogP contribution in [-0.4, -0.2) is 26.8 Å². The summed E-state index contributed by atoms with van der Waals surface area (Å²) in [6.45, 7) is 3.92. The Morgan fingerprint density at radius 3 is 3.23 bits per heavy atom. The molecule has 1 saturated heterocycles. The van der Waals surface area contributed by atoms with Gasteiger partial charge in [0.15, 0.2) is 0 Å². The monoisotopic (exact) mass is 314 g/mol. The summed E-state index contributed by atoms with van der Waals surface area (Å²) >= 11 is 1.74. The zero-order valence-electron chi connectivity index (χ0n) is 12.5. The first-order valence-corrected chi connectivity index (χ1v) is 8.42. The highest BCUT2D eigenvalue weighted by atomic mass is 32.1. The molecule has 3 aromatic heterocycles. The van der Waals surface area contributed by atoms with Gasteiger partial charge in [0.2, 0.25) is 0 Å². The minimum absolute atomic E-state index is 0.350. The van der Waals surface area contributed by atoms with Gasteiger partial charge in [-0.05, 0) is 37.8 Å². The lowest BCUT2D eigenvalue weighted by atomic mass is 10.1. The number of aromatic nitrogens is 3. The number of aryl methyl sites for hydroxylation is 1. The standard InChI is InChI=1S/C16H18N4OS/c1-11-8-13(19-21-11)14-4-2-6-20(14)10-12-9-17-18-16(12)15-5-3-7-22-15/h3,5,7-9,14H,2,4,6,10H2,1H3,(H,17,18)/t14-/m0/s1. The Kier molecular flexibility index (Phi) is 3.56. The van der Waals surface area contributed by atoms with Gasteiger partial charge in [0.05, 0.1) is 22.8 Å². The van der Waals surface area contributed by atoms with Crippen molar-refractivity contribution in [2.24, 2.45) is 0 Å². The molecule has 22 heavy (non-hydrogen) atoms. The number of H-pyrrole nitrogens is 1. The van der Waals surface area contributed by atoms with Gasteiger partial charge in [0.1, 0.15) is 11.5 Å². The fourth-order valence-electron chi connectivity index (χ4n) is 3.18. The zero-order valence-corrected chi connectivity index (χ0v) is 13.3. The summed E-state index contributed by atoms with van der Waals surface area (Å²) in [6, 6.07) is 6.60. The third-order valence-corrected chi connectivity index (χ3v) is 5.10. The molecule has 0 saturated carbocycles. The number of likely N-dealkylation sites (tertiary alicyclic amines) is 1. The lowest BCUT2D eigenvalue weighted by molar-refractivity contribution is 0.237. The first-order chi connectivity index (χ1) is 10.8. The lowest BCUT2D eigenvalue weighted by Crippen LogP contribution is -2.23. The molecular weight excluding hydrogens is 296 g/mol. The van der Waals surface area contributed by atoms with E-state index in [-0.39, 0.29) is 0 Å². The van der Waals surface area contributed by atoms with Crippen molar-refractivity contribution in [1.29, 1.82) is 0 Å². The fourth-order valence-corrected chi connectivity index (χ4v) is 3.93. The molecule has 1 aliphatic rings. The molecule has 5 nitrogen and oxygen atoms in total. The summed E-state index contributed by atoms with van der Waals surface area (Å²) in [5.74, 6) is 0.879. The number of nitrogens with zero attached hydrogens (tertiary/aromatic N) is 3. The molecular formula is C16H18N4OS. The maximum Gasteiger partial charge on any atom is 0.133 e. The topological polar surface area (TPSA) is 58.0 Å². The fraction of sp³-hybridized carbons (Fsp3) is 0.375. The smallest absolute Gasteiger partial charge is 0.133 e. The molecule has 0 unspecified atom stereocenters. The molecule has 3 aromatic rings.